The number of primary amides is 1. The van der Waals surface area contributed by atoms with Crippen LogP contribution in [0.15, 0.2) is 54.7 Å². The molecule has 0 aliphatic heterocycles. The van der Waals surface area contributed by atoms with Gasteiger partial charge in [-0.2, -0.15) is 0 Å². The van der Waals surface area contributed by atoms with Crippen LogP contribution in [0.5, 0.6) is 0 Å². The molecule has 20 heavy (non-hydrogen) atoms. The molecule has 2 N–H and O–H groups in total. The third-order valence-corrected chi connectivity index (χ3v) is 3.60. The van der Waals surface area contributed by atoms with Gasteiger partial charge in [0.1, 0.15) is 0 Å². The highest BCUT2D eigenvalue weighted by molar-refractivity contribution is 5.92. The fraction of sp³-hybridized carbons (Fsp3) is 0.118. The van der Waals surface area contributed by atoms with Crippen LogP contribution in [-0.2, 0) is 6.54 Å². The highest BCUT2D eigenvalue weighted by Gasteiger charge is 2.05. The Balaban J connectivity index is 1.99. The summed E-state index contributed by atoms with van der Waals surface area (Å²) in [7, 11) is 0. The first-order valence-corrected chi connectivity index (χ1v) is 6.58. The van der Waals surface area contributed by atoms with Crippen LogP contribution in [-0.4, -0.2) is 10.5 Å². The maximum atomic E-state index is 11.2. The van der Waals surface area contributed by atoms with Crippen LogP contribution < -0.4 is 5.73 Å². The topological polar surface area (TPSA) is 48.0 Å². The number of nitrogens with two attached hydrogens (primary N) is 1. The number of aryl methyl sites for hydroxylation is 1. The third kappa shape index (κ3) is 2.18. The second-order valence-corrected chi connectivity index (χ2v) is 5.02. The number of hydrogen-bond acceptors (Lipinski definition) is 1. The van der Waals surface area contributed by atoms with E-state index >= 15 is 0 Å². The molecule has 0 fully saturated rings. The number of fused-ring (bicyclic) bond motifs is 1. The maximum Gasteiger partial charge on any atom is 0.248 e. The fourth-order valence-corrected chi connectivity index (χ4v) is 2.53. The van der Waals surface area contributed by atoms with E-state index in [0.29, 0.717) is 5.56 Å². The van der Waals surface area contributed by atoms with Crippen molar-refractivity contribution in [1.82, 2.24) is 4.57 Å². The van der Waals surface area contributed by atoms with Crippen molar-refractivity contribution in [2.45, 2.75) is 13.5 Å². The van der Waals surface area contributed by atoms with E-state index in [2.05, 4.69) is 42.0 Å². The number of amides is 1. The van der Waals surface area contributed by atoms with Gasteiger partial charge in [-0.3, -0.25) is 4.79 Å². The van der Waals surface area contributed by atoms with Crippen molar-refractivity contribution in [2.24, 2.45) is 5.73 Å². The Morgan fingerprint density at radius 2 is 1.95 bits per heavy atom. The highest BCUT2D eigenvalue weighted by atomic mass is 16.1. The first-order valence-electron chi connectivity index (χ1n) is 6.58. The number of carbonyl (C=O) groups excluding carboxylic acids is 1. The Labute approximate surface area is 117 Å². The van der Waals surface area contributed by atoms with Gasteiger partial charge in [0.2, 0.25) is 5.91 Å². The van der Waals surface area contributed by atoms with Crippen molar-refractivity contribution < 1.29 is 4.79 Å². The summed E-state index contributed by atoms with van der Waals surface area (Å²) < 4.78 is 2.18. The molecule has 0 atom stereocenters. The molecule has 0 spiro atoms. The maximum absolute atomic E-state index is 11.2. The third-order valence-electron chi connectivity index (χ3n) is 3.60. The molecule has 3 nitrogen and oxygen atoms in total. The van der Waals surface area contributed by atoms with Gasteiger partial charge in [0, 0.05) is 29.2 Å². The molecule has 1 heterocycles. The zero-order valence-corrected chi connectivity index (χ0v) is 11.3. The van der Waals surface area contributed by atoms with Gasteiger partial charge in [-0.15, -0.1) is 0 Å². The van der Waals surface area contributed by atoms with Gasteiger partial charge in [0.15, 0.2) is 0 Å². The molecule has 0 saturated carbocycles. The molecule has 0 unspecified atom stereocenters. The lowest BCUT2D eigenvalue weighted by molar-refractivity contribution is 0.1000. The molecule has 1 amide bonds. The molecule has 0 bridgehead atoms. The molecular weight excluding hydrogens is 248 g/mol. The van der Waals surface area contributed by atoms with Crippen molar-refractivity contribution in [1.29, 1.82) is 0 Å². The van der Waals surface area contributed by atoms with E-state index in [1.165, 1.54) is 16.5 Å². The highest BCUT2D eigenvalue weighted by Crippen LogP contribution is 2.20. The normalized spacial score (nSPS) is 10.8. The smallest absolute Gasteiger partial charge is 0.248 e. The van der Waals surface area contributed by atoms with Gasteiger partial charge in [0.25, 0.3) is 0 Å². The minimum atomic E-state index is -0.389. The predicted octanol–water partition coefficient (Wildman–Crippen LogP) is 3.10. The lowest BCUT2D eigenvalue weighted by Crippen LogP contribution is -2.11. The molecule has 0 saturated heterocycles. The lowest BCUT2D eigenvalue weighted by atomic mass is 10.1. The molecule has 2 aromatic carbocycles. The zero-order chi connectivity index (χ0) is 14.1. The van der Waals surface area contributed by atoms with Crippen LogP contribution in [0.1, 0.15) is 21.5 Å². The number of rotatable bonds is 3. The first kappa shape index (κ1) is 12.5. The molecule has 3 heteroatoms. The molecule has 3 rings (SSSR count). The van der Waals surface area contributed by atoms with Gasteiger partial charge in [0.05, 0.1) is 0 Å². The SMILES string of the molecule is Cc1cccc2c1ccn2Cc1cccc(C(N)=O)c1. The number of benzene rings is 2. The summed E-state index contributed by atoms with van der Waals surface area (Å²) in [6.45, 7) is 2.84. The number of aromatic nitrogens is 1. The van der Waals surface area contributed by atoms with Gasteiger partial charge in [-0.05, 0) is 42.3 Å². The molecule has 3 aromatic rings. The van der Waals surface area contributed by atoms with Gasteiger partial charge in [-0.25, -0.2) is 0 Å². The van der Waals surface area contributed by atoms with E-state index in [0.717, 1.165) is 12.1 Å². The van der Waals surface area contributed by atoms with E-state index in [9.17, 15) is 4.79 Å². The molecule has 1 aromatic heterocycles. The minimum Gasteiger partial charge on any atom is -0.366 e. The summed E-state index contributed by atoms with van der Waals surface area (Å²) in [5.41, 5.74) is 9.42. The summed E-state index contributed by atoms with van der Waals surface area (Å²) in [5, 5.41) is 1.26. The van der Waals surface area contributed by atoms with Crippen molar-refractivity contribution in [3.63, 3.8) is 0 Å². The van der Waals surface area contributed by atoms with Gasteiger partial charge >= 0.3 is 0 Å². The Bertz CT molecular complexity index is 787. The Morgan fingerprint density at radius 3 is 2.75 bits per heavy atom. The Morgan fingerprint density at radius 1 is 1.15 bits per heavy atom. The van der Waals surface area contributed by atoms with Crippen LogP contribution in [0.3, 0.4) is 0 Å². The first-order chi connectivity index (χ1) is 9.65. The summed E-state index contributed by atoms with van der Waals surface area (Å²) in [6, 6.07) is 15.9. The van der Waals surface area contributed by atoms with E-state index < -0.39 is 0 Å². The molecule has 0 aliphatic carbocycles. The van der Waals surface area contributed by atoms with Crippen molar-refractivity contribution >= 4 is 16.8 Å². The molecule has 0 radical (unpaired) electrons. The lowest BCUT2D eigenvalue weighted by Gasteiger charge is -2.07. The summed E-state index contributed by atoms with van der Waals surface area (Å²) in [4.78, 5) is 11.2. The summed E-state index contributed by atoms with van der Waals surface area (Å²) >= 11 is 0. The van der Waals surface area contributed by atoms with Crippen LogP contribution >= 0.6 is 0 Å². The molecule has 0 aliphatic rings. The second-order valence-electron chi connectivity index (χ2n) is 5.02. The minimum absolute atomic E-state index is 0.389. The van der Waals surface area contributed by atoms with Crippen LogP contribution in [0, 0.1) is 6.92 Å². The monoisotopic (exact) mass is 264 g/mol. The standard InChI is InChI=1S/C17H16N2O/c1-12-4-2-7-16-15(12)8-9-19(16)11-13-5-3-6-14(10-13)17(18)20/h2-10H,11H2,1H3,(H2,18,20). The average Bonchev–Trinajstić information content (AvgIpc) is 2.84. The quantitative estimate of drug-likeness (QED) is 0.776. The van der Waals surface area contributed by atoms with E-state index in [4.69, 9.17) is 5.73 Å². The van der Waals surface area contributed by atoms with Crippen LogP contribution in [0.2, 0.25) is 0 Å². The van der Waals surface area contributed by atoms with E-state index in [1.54, 1.807) is 6.07 Å². The van der Waals surface area contributed by atoms with Gasteiger partial charge in [-0.1, -0.05) is 24.3 Å². The summed E-state index contributed by atoms with van der Waals surface area (Å²) in [5.74, 6) is -0.389. The molecule has 100 valence electrons. The van der Waals surface area contributed by atoms with Crippen molar-refractivity contribution in [3.05, 3.63) is 71.4 Å². The average molecular weight is 264 g/mol. The number of nitrogens with zero attached hydrogens (tertiary/aromatic N) is 1. The van der Waals surface area contributed by atoms with E-state index in [1.807, 2.05) is 18.2 Å². The number of carbonyl (C=O) groups is 1. The fourth-order valence-electron chi connectivity index (χ4n) is 2.53. The summed E-state index contributed by atoms with van der Waals surface area (Å²) in [6.07, 6.45) is 2.08. The zero-order valence-electron chi connectivity index (χ0n) is 11.3. The largest absolute Gasteiger partial charge is 0.366 e. The van der Waals surface area contributed by atoms with Crippen LogP contribution in [0.4, 0.5) is 0 Å². The predicted molar refractivity (Wildman–Crippen MR) is 80.7 cm³/mol. The second kappa shape index (κ2) is 4.85. The van der Waals surface area contributed by atoms with Crippen molar-refractivity contribution in [3.8, 4) is 0 Å². The molecular formula is C17H16N2O. The number of hydrogen-bond donors (Lipinski definition) is 1. The Hall–Kier alpha value is -2.55. The van der Waals surface area contributed by atoms with E-state index in [-0.39, 0.29) is 5.91 Å². The van der Waals surface area contributed by atoms with Crippen LogP contribution in [0.25, 0.3) is 10.9 Å². The Kier molecular flexibility index (Phi) is 3.03. The van der Waals surface area contributed by atoms with Crippen molar-refractivity contribution in [2.75, 3.05) is 0 Å². The van der Waals surface area contributed by atoms with Gasteiger partial charge < -0.3 is 10.3 Å².